The molecule has 0 atom stereocenters. The molecule has 0 radical (unpaired) electrons. The van der Waals surface area contributed by atoms with Gasteiger partial charge in [-0.3, -0.25) is 9.48 Å². The number of carbonyl (C=O) groups excluding carboxylic acids is 2. The molecule has 164 valence electrons. The van der Waals surface area contributed by atoms with E-state index in [2.05, 4.69) is 36.4 Å². The molecule has 4 rings (SSSR count). The lowest BCUT2D eigenvalue weighted by molar-refractivity contribution is -0.116. The maximum atomic E-state index is 12.5. The quantitative estimate of drug-likeness (QED) is 0.389. The highest BCUT2D eigenvalue weighted by Crippen LogP contribution is 2.24. The van der Waals surface area contributed by atoms with E-state index in [0.717, 1.165) is 21.4 Å². The highest BCUT2D eigenvalue weighted by molar-refractivity contribution is 9.10. The second kappa shape index (κ2) is 9.31. The van der Waals surface area contributed by atoms with E-state index >= 15 is 0 Å². The van der Waals surface area contributed by atoms with Gasteiger partial charge in [-0.1, -0.05) is 12.1 Å². The first-order valence-electron chi connectivity index (χ1n) is 10.1. The van der Waals surface area contributed by atoms with Crippen LogP contribution in [-0.2, 0) is 16.1 Å². The van der Waals surface area contributed by atoms with E-state index in [1.807, 2.05) is 31.2 Å². The first-order valence-corrected chi connectivity index (χ1v) is 10.8. The van der Waals surface area contributed by atoms with Gasteiger partial charge < -0.3 is 10.1 Å². The first kappa shape index (κ1) is 21.7. The van der Waals surface area contributed by atoms with E-state index in [0.29, 0.717) is 29.9 Å². The summed E-state index contributed by atoms with van der Waals surface area (Å²) < 4.78 is 9.37. The van der Waals surface area contributed by atoms with Gasteiger partial charge in [0, 0.05) is 29.6 Å². The second-order valence-corrected chi connectivity index (χ2v) is 7.88. The van der Waals surface area contributed by atoms with Crippen LogP contribution in [0.5, 0.6) is 0 Å². The average molecular weight is 497 g/mol. The van der Waals surface area contributed by atoms with Crippen molar-refractivity contribution in [2.75, 3.05) is 11.9 Å². The minimum Gasteiger partial charge on any atom is -0.462 e. The zero-order valence-electron chi connectivity index (χ0n) is 17.6. The molecule has 0 fully saturated rings. The summed E-state index contributed by atoms with van der Waals surface area (Å²) in [5, 5.41) is 11.5. The fourth-order valence-corrected chi connectivity index (χ4v) is 3.60. The molecular formula is C22H21BrN6O3. The van der Waals surface area contributed by atoms with Crippen molar-refractivity contribution in [2.45, 2.75) is 26.8 Å². The minimum atomic E-state index is -0.465. The van der Waals surface area contributed by atoms with Crippen molar-refractivity contribution in [2.24, 2.45) is 0 Å². The molecular weight excluding hydrogens is 476 g/mol. The van der Waals surface area contributed by atoms with Crippen LogP contribution in [0.3, 0.4) is 0 Å². The molecule has 4 aromatic rings. The van der Waals surface area contributed by atoms with Crippen LogP contribution in [0.25, 0.3) is 16.9 Å². The van der Waals surface area contributed by atoms with Gasteiger partial charge in [-0.2, -0.15) is 10.2 Å². The summed E-state index contributed by atoms with van der Waals surface area (Å²) in [7, 11) is 0. The number of hydrogen-bond donors (Lipinski definition) is 1. The summed E-state index contributed by atoms with van der Waals surface area (Å²) in [6.45, 7) is 4.45. The van der Waals surface area contributed by atoms with Crippen LogP contribution in [0, 0.1) is 6.92 Å². The van der Waals surface area contributed by atoms with Crippen LogP contribution in [0.15, 0.2) is 53.4 Å². The largest absolute Gasteiger partial charge is 0.462 e. The smallest absolute Gasteiger partial charge is 0.343 e. The molecule has 3 heterocycles. The number of halogens is 1. The maximum Gasteiger partial charge on any atom is 0.343 e. The Balaban J connectivity index is 1.53. The number of fused-ring (bicyclic) bond motifs is 1. The number of benzene rings is 1. The van der Waals surface area contributed by atoms with E-state index in [4.69, 9.17) is 4.74 Å². The Morgan fingerprint density at radius 1 is 1.19 bits per heavy atom. The van der Waals surface area contributed by atoms with Gasteiger partial charge >= 0.3 is 5.97 Å². The molecule has 0 saturated carbocycles. The monoisotopic (exact) mass is 496 g/mol. The number of carbonyl (C=O) groups is 2. The van der Waals surface area contributed by atoms with Gasteiger partial charge in [-0.05, 0) is 48.0 Å². The summed E-state index contributed by atoms with van der Waals surface area (Å²) in [5.74, 6) is -0.579. The number of nitrogens with one attached hydrogen (secondary N) is 1. The molecule has 0 bridgehead atoms. The van der Waals surface area contributed by atoms with Crippen molar-refractivity contribution in [3.05, 3.63) is 64.7 Å². The van der Waals surface area contributed by atoms with Crippen molar-refractivity contribution >= 4 is 39.1 Å². The van der Waals surface area contributed by atoms with Gasteiger partial charge in [-0.25, -0.2) is 14.3 Å². The fourth-order valence-electron chi connectivity index (χ4n) is 3.30. The highest BCUT2D eigenvalue weighted by atomic mass is 79.9. The SMILES string of the molecule is CCOC(=O)c1cnn2c(-c3cccc(NC(=O)CCn4ncc(Br)c4C)c3)ccnc12. The van der Waals surface area contributed by atoms with Crippen LogP contribution in [0.2, 0.25) is 0 Å². The Morgan fingerprint density at radius 3 is 2.78 bits per heavy atom. The Morgan fingerprint density at radius 2 is 2.03 bits per heavy atom. The number of hydrogen-bond acceptors (Lipinski definition) is 6. The Kier molecular flexibility index (Phi) is 6.31. The molecule has 0 aliphatic rings. The molecule has 0 unspecified atom stereocenters. The Hall–Kier alpha value is -3.53. The third kappa shape index (κ3) is 4.40. The maximum absolute atomic E-state index is 12.5. The summed E-state index contributed by atoms with van der Waals surface area (Å²) >= 11 is 3.42. The topological polar surface area (TPSA) is 103 Å². The lowest BCUT2D eigenvalue weighted by Crippen LogP contribution is -2.15. The molecule has 3 aromatic heterocycles. The molecule has 0 spiro atoms. The van der Waals surface area contributed by atoms with Crippen molar-refractivity contribution in [1.82, 2.24) is 24.4 Å². The number of rotatable bonds is 7. The van der Waals surface area contributed by atoms with Crippen molar-refractivity contribution in [3.63, 3.8) is 0 Å². The Labute approximate surface area is 192 Å². The molecule has 9 nitrogen and oxygen atoms in total. The molecule has 0 aliphatic heterocycles. The minimum absolute atomic E-state index is 0.114. The molecule has 1 N–H and O–H groups in total. The lowest BCUT2D eigenvalue weighted by atomic mass is 10.1. The van der Waals surface area contributed by atoms with Gasteiger partial charge in [0.1, 0.15) is 5.56 Å². The lowest BCUT2D eigenvalue weighted by Gasteiger charge is -2.10. The first-order chi connectivity index (χ1) is 15.5. The zero-order valence-corrected chi connectivity index (χ0v) is 19.2. The molecule has 0 aliphatic carbocycles. The van der Waals surface area contributed by atoms with E-state index in [-0.39, 0.29) is 12.5 Å². The van der Waals surface area contributed by atoms with Crippen molar-refractivity contribution in [1.29, 1.82) is 0 Å². The van der Waals surface area contributed by atoms with Gasteiger partial charge in [0.05, 0.1) is 35.7 Å². The number of esters is 1. The summed E-state index contributed by atoms with van der Waals surface area (Å²) in [6, 6.07) is 9.23. The number of amides is 1. The van der Waals surface area contributed by atoms with Crippen molar-refractivity contribution in [3.8, 4) is 11.3 Å². The predicted octanol–water partition coefficient (Wildman–Crippen LogP) is 3.87. The molecule has 0 saturated heterocycles. The zero-order chi connectivity index (χ0) is 22.7. The molecule has 1 amide bonds. The third-order valence-electron chi connectivity index (χ3n) is 4.93. The molecule has 32 heavy (non-hydrogen) atoms. The van der Waals surface area contributed by atoms with Gasteiger partial charge in [0.25, 0.3) is 0 Å². The van der Waals surface area contributed by atoms with Crippen molar-refractivity contribution < 1.29 is 14.3 Å². The summed E-state index contributed by atoms with van der Waals surface area (Å²) in [4.78, 5) is 28.9. The summed E-state index contributed by atoms with van der Waals surface area (Å²) in [5.41, 5.74) is 3.91. The van der Waals surface area contributed by atoms with Crippen LogP contribution in [-0.4, -0.2) is 42.9 Å². The predicted molar refractivity (Wildman–Crippen MR) is 122 cm³/mol. The van der Waals surface area contributed by atoms with Gasteiger partial charge in [0.2, 0.25) is 5.91 Å². The second-order valence-electron chi connectivity index (χ2n) is 7.02. The number of anilines is 1. The molecule has 1 aromatic carbocycles. The number of nitrogens with zero attached hydrogens (tertiary/aromatic N) is 5. The van der Waals surface area contributed by atoms with E-state index < -0.39 is 5.97 Å². The average Bonchev–Trinajstić information content (AvgIpc) is 3.36. The van der Waals surface area contributed by atoms with Crippen LogP contribution in [0.1, 0.15) is 29.4 Å². The normalized spacial score (nSPS) is 11.0. The summed E-state index contributed by atoms with van der Waals surface area (Å²) in [6.07, 6.45) is 5.07. The van der Waals surface area contributed by atoms with Gasteiger partial charge in [-0.15, -0.1) is 0 Å². The van der Waals surface area contributed by atoms with E-state index in [9.17, 15) is 9.59 Å². The van der Waals surface area contributed by atoms with E-state index in [1.165, 1.54) is 6.20 Å². The number of aryl methyl sites for hydroxylation is 1. The number of aromatic nitrogens is 5. The highest BCUT2D eigenvalue weighted by Gasteiger charge is 2.17. The standard InChI is InChI=1S/C22H21BrN6O3/c1-3-32-22(31)17-12-26-29-19(7-9-24-21(17)29)15-5-4-6-16(11-15)27-20(30)8-10-28-14(2)18(23)13-25-28/h4-7,9,11-13H,3,8,10H2,1-2H3,(H,27,30). The van der Waals surface area contributed by atoms with Crippen LogP contribution < -0.4 is 5.32 Å². The fraction of sp³-hybridized carbons (Fsp3) is 0.227. The number of ether oxygens (including phenoxy) is 1. The van der Waals surface area contributed by atoms with Crippen LogP contribution in [0.4, 0.5) is 5.69 Å². The molecule has 10 heteroatoms. The Bertz CT molecular complexity index is 1300. The van der Waals surface area contributed by atoms with E-state index in [1.54, 1.807) is 34.6 Å². The van der Waals surface area contributed by atoms with Crippen LogP contribution >= 0.6 is 15.9 Å². The third-order valence-corrected chi connectivity index (χ3v) is 5.71. The van der Waals surface area contributed by atoms with Gasteiger partial charge in [0.15, 0.2) is 5.65 Å².